The molecule has 3 heterocycles. The molecule has 2 atom stereocenters. The molecule has 2 aliphatic rings. The van der Waals surface area contributed by atoms with Gasteiger partial charge in [-0.05, 0) is 38.3 Å². The molecule has 0 saturated carbocycles. The van der Waals surface area contributed by atoms with Gasteiger partial charge in [0.15, 0.2) is 5.13 Å². The Morgan fingerprint density at radius 2 is 2.04 bits per heavy atom. The molecule has 23 heavy (non-hydrogen) atoms. The fourth-order valence-corrected chi connectivity index (χ4v) is 4.76. The van der Waals surface area contributed by atoms with Crippen LogP contribution in [0.2, 0.25) is 0 Å². The minimum atomic E-state index is 0.306. The lowest BCUT2D eigenvalue weighted by atomic mass is 9.96. The van der Waals surface area contributed by atoms with Crippen molar-refractivity contribution in [1.82, 2.24) is 14.8 Å². The van der Waals surface area contributed by atoms with Crippen LogP contribution in [0.3, 0.4) is 0 Å². The zero-order valence-corrected chi connectivity index (χ0v) is 15.3. The van der Waals surface area contributed by atoms with Crippen molar-refractivity contribution in [3.05, 3.63) is 11.1 Å². The standard InChI is InChI=1S/C17H30N4OS/c1-3-19(2)9-14-10-20(11-15(14)13-22)12-16-8-18-17(23-16)21-6-4-5-7-21/h8,14-15,22H,3-7,9-13H2,1-2H3/t14-,15-/m1/s1. The number of likely N-dealkylation sites (tertiary alicyclic amines) is 1. The van der Waals surface area contributed by atoms with Gasteiger partial charge < -0.3 is 14.9 Å². The first-order chi connectivity index (χ1) is 11.2. The predicted molar refractivity (Wildman–Crippen MR) is 96.1 cm³/mol. The van der Waals surface area contributed by atoms with Crippen molar-refractivity contribution in [2.45, 2.75) is 26.3 Å². The largest absolute Gasteiger partial charge is 0.396 e. The number of aliphatic hydroxyl groups is 1. The monoisotopic (exact) mass is 338 g/mol. The van der Waals surface area contributed by atoms with Gasteiger partial charge in [0, 0.05) is 56.9 Å². The molecule has 1 aromatic rings. The third-order valence-electron chi connectivity index (χ3n) is 5.27. The first-order valence-electron chi connectivity index (χ1n) is 8.91. The van der Waals surface area contributed by atoms with E-state index in [1.54, 1.807) is 0 Å². The summed E-state index contributed by atoms with van der Waals surface area (Å²) in [4.78, 5) is 13.2. The molecule has 2 aliphatic heterocycles. The maximum atomic E-state index is 9.69. The number of hydrogen-bond donors (Lipinski definition) is 1. The van der Waals surface area contributed by atoms with Gasteiger partial charge >= 0.3 is 0 Å². The predicted octanol–water partition coefficient (Wildman–Crippen LogP) is 1.74. The zero-order valence-electron chi connectivity index (χ0n) is 14.4. The van der Waals surface area contributed by atoms with Gasteiger partial charge in [-0.1, -0.05) is 6.92 Å². The molecule has 2 fully saturated rings. The summed E-state index contributed by atoms with van der Waals surface area (Å²) in [7, 11) is 2.17. The van der Waals surface area contributed by atoms with Gasteiger partial charge in [-0.3, -0.25) is 4.90 Å². The Labute approximate surface area is 143 Å². The Balaban J connectivity index is 1.55. The molecule has 6 heteroatoms. The fourth-order valence-electron chi connectivity index (χ4n) is 3.75. The molecule has 0 spiro atoms. The summed E-state index contributed by atoms with van der Waals surface area (Å²) in [6, 6.07) is 0. The Kier molecular flexibility index (Phi) is 5.91. The number of hydrogen-bond acceptors (Lipinski definition) is 6. The maximum absolute atomic E-state index is 9.69. The summed E-state index contributed by atoms with van der Waals surface area (Å²) < 4.78 is 0. The molecule has 0 radical (unpaired) electrons. The van der Waals surface area contributed by atoms with E-state index in [0.29, 0.717) is 18.4 Å². The van der Waals surface area contributed by atoms with Crippen LogP contribution in [0.1, 0.15) is 24.6 Å². The molecule has 0 aliphatic carbocycles. The van der Waals surface area contributed by atoms with E-state index in [4.69, 9.17) is 0 Å². The Bertz CT molecular complexity index is 489. The van der Waals surface area contributed by atoms with E-state index in [9.17, 15) is 5.11 Å². The van der Waals surface area contributed by atoms with Crippen molar-refractivity contribution in [3.8, 4) is 0 Å². The first-order valence-corrected chi connectivity index (χ1v) is 9.72. The number of nitrogens with zero attached hydrogens (tertiary/aromatic N) is 4. The smallest absolute Gasteiger partial charge is 0.185 e. The van der Waals surface area contributed by atoms with Gasteiger partial charge in [-0.15, -0.1) is 11.3 Å². The minimum Gasteiger partial charge on any atom is -0.396 e. The summed E-state index contributed by atoms with van der Waals surface area (Å²) in [6.45, 7) is 10.1. The average Bonchev–Trinajstić information content (AvgIpc) is 3.27. The average molecular weight is 339 g/mol. The summed E-state index contributed by atoms with van der Waals surface area (Å²) >= 11 is 1.85. The number of rotatable bonds is 7. The van der Waals surface area contributed by atoms with Gasteiger partial charge in [-0.2, -0.15) is 0 Å². The molecular formula is C17H30N4OS. The van der Waals surface area contributed by atoms with E-state index in [1.807, 2.05) is 11.3 Å². The third kappa shape index (κ3) is 4.24. The van der Waals surface area contributed by atoms with Crippen LogP contribution in [0.15, 0.2) is 6.20 Å². The zero-order chi connectivity index (χ0) is 16.2. The number of anilines is 1. The van der Waals surface area contributed by atoms with E-state index >= 15 is 0 Å². The van der Waals surface area contributed by atoms with E-state index in [-0.39, 0.29) is 0 Å². The fraction of sp³-hybridized carbons (Fsp3) is 0.824. The van der Waals surface area contributed by atoms with E-state index in [1.165, 1.54) is 22.9 Å². The second-order valence-electron chi connectivity index (χ2n) is 7.05. The molecule has 1 N–H and O–H groups in total. The molecule has 2 saturated heterocycles. The van der Waals surface area contributed by atoms with Crippen LogP contribution in [0, 0.1) is 11.8 Å². The Morgan fingerprint density at radius 1 is 1.30 bits per heavy atom. The van der Waals surface area contributed by atoms with Crippen LogP contribution in [0.25, 0.3) is 0 Å². The van der Waals surface area contributed by atoms with Gasteiger partial charge in [0.1, 0.15) is 0 Å². The Morgan fingerprint density at radius 3 is 2.74 bits per heavy atom. The third-order valence-corrected chi connectivity index (χ3v) is 6.31. The van der Waals surface area contributed by atoms with Crippen molar-refractivity contribution in [1.29, 1.82) is 0 Å². The number of thiazole rings is 1. The van der Waals surface area contributed by atoms with Gasteiger partial charge in [0.05, 0.1) is 0 Å². The minimum absolute atomic E-state index is 0.306. The SMILES string of the molecule is CCN(C)C[C@@H]1CN(Cc2cnc(N3CCCC3)s2)C[C@@H]1CO. The highest BCUT2D eigenvalue weighted by Crippen LogP contribution is 2.30. The highest BCUT2D eigenvalue weighted by molar-refractivity contribution is 7.15. The molecule has 3 rings (SSSR count). The quantitative estimate of drug-likeness (QED) is 0.820. The molecule has 0 amide bonds. The van der Waals surface area contributed by atoms with Crippen LogP contribution >= 0.6 is 11.3 Å². The van der Waals surface area contributed by atoms with E-state index in [2.05, 4.69) is 39.9 Å². The maximum Gasteiger partial charge on any atom is 0.185 e. The molecule has 0 unspecified atom stereocenters. The molecule has 130 valence electrons. The highest BCUT2D eigenvalue weighted by atomic mass is 32.1. The molecule has 1 aromatic heterocycles. The van der Waals surface area contributed by atoms with Crippen LogP contribution in [-0.4, -0.2) is 72.8 Å². The second kappa shape index (κ2) is 7.92. The van der Waals surface area contributed by atoms with Crippen LogP contribution in [0.4, 0.5) is 5.13 Å². The second-order valence-corrected chi connectivity index (χ2v) is 8.15. The van der Waals surface area contributed by atoms with Crippen LogP contribution in [-0.2, 0) is 6.54 Å². The summed E-state index contributed by atoms with van der Waals surface area (Å²) in [5.74, 6) is 0.992. The lowest BCUT2D eigenvalue weighted by molar-refractivity contribution is 0.177. The van der Waals surface area contributed by atoms with Crippen molar-refractivity contribution in [3.63, 3.8) is 0 Å². The van der Waals surface area contributed by atoms with Crippen molar-refractivity contribution in [2.24, 2.45) is 11.8 Å². The highest BCUT2D eigenvalue weighted by Gasteiger charge is 2.33. The van der Waals surface area contributed by atoms with Crippen LogP contribution < -0.4 is 4.90 Å². The summed E-state index contributed by atoms with van der Waals surface area (Å²) in [6.07, 6.45) is 4.65. The lowest BCUT2D eigenvalue weighted by Crippen LogP contribution is -2.31. The normalized spacial score (nSPS) is 25.8. The Hall–Kier alpha value is -0.690. The van der Waals surface area contributed by atoms with Gasteiger partial charge in [0.2, 0.25) is 0 Å². The molecule has 5 nitrogen and oxygen atoms in total. The molecular weight excluding hydrogens is 308 g/mol. The van der Waals surface area contributed by atoms with Gasteiger partial charge in [-0.25, -0.2) is 4.98 Å². The summed E-state index contributed by atoms with van der Waals surface area (Å²) in [5.41, 5.74) is 0. The van der Waals surface area contributed by atoms with Crippen LogP contribution in [0.5, 0.6) is 0 Å². The molecule has 0 bridgehead atoms. The first kappa shape index (κ1) is 17.1. The summed E-state index contributed by atoms with van der Waals surface area (Å²) in [5, 5.41) is 10.9. The number of aliphatic hydroxyl groups excluding tert-OH is 1. The number of aromatic nitrogens is 1. The van der Waals surface area contributed by atoms with Crippen molar-refractivity contribution in [2.75, 3.05) is 57.8 Å². The van der Waals surface area contributed by atoms with E-state index in [0.717, 1.165) is 45.8 Å². The van der Waals surface area contributed by atoms with Crippen molar-refractivity contribution >= 4 is 16.5 Å². The molecule has 0 aromatic carbocycles. The topological polar surface area (TPSA) is 42.8 Å². The van der Waals surface area contributed by atoms with E-state index < -0.39 is 0 Å². The van der Waals surface area contributed by atoms with Gasteiger partial charge in [0.25, 0.3) is 0 Å². The lowest BCUT2D eigenvalue weighted by Gasteiger charge is -2.22. The van der Waals surface area contributed by atoms with Crippen molar-refractivity contribution < 1.29 is 5.11 Å².